The minimum Gasteiger partial charge on any atom is -0.372 e. The second kappa shape index (κ2) is 5.35. The van der Waals surface area contributed by atoms with Crippen LogP contribution in [0.4, 0.5) is 0 Å². The van der Waals surface area contributed by atoms with Crippen molar-refractivity contribution in [2.45, 2.75) is 26.1 Å². The highest BCUT2D eigenvalue weighted by atomic mass is 35.5. The third-order valence-electron chi connectivity index (χ3n) is 3.44. The molecule has 0 aliphatic carbocycles. The predicted molar refractivity (Wildman–Crippen MR) is 82.7 cm³/mol. The molecule has 1 aliphatic rings. The quantitative estimate of drug-likeness (QED) is 0.802. The summed E-state index contributed by atoms with van der Waals surface area (Å²) in [6.07, 6.45) is 0.131. The van der Waals surface area contributed by atoms with Crippen molar-refractivity contribution < 1.29 is 9.53 Å². The molecule has 20 heavy (non-hydrogen) atoms. The molecule has 0 spiro atoms. The van der Waals surface area contributed by atoms with Gasteiger partial charge in [0.25, 0.3) is 5.91 Å². The van der Waals surface area contributed by atoms with E-state index in [2.05, 4.69) is 0 Å². The number of fused-ring (bicyclic) bond motifs is 1. The molecule has 1 aromatic heterocycles. The highest BCUT2D eigenvalue weighted by molar-refractivity contribution is 7.21. The molecular weight excluding hydrogens is 294 g/mol. The Bertz CT molecular complexity index is 644. The van der Waals surface area contributed by atoms with Gasteiger partial charge in [0.05, 0.1) is 17.2 Å². The summed E-state index contributed by atoms with van der Waals surface area (Å²) < 4.78 is 6.72. The molecular formula is C15H16ClNO2S. The number of hydrogen-bond donors (Lipinski definition) is 0. The Hall–Kier alpha value is -1.10. The number of carbonyl (C=O) groups excluding carboxylic acids is 1. The first-order valence-electron chi connectivity index (χ1n) is 6.68. The molecule has 0 saturated carbocycles. The van der Waals surface area contributed by atoms with E-state index in [1.165, 1.54) is 11.3 Å². The van der Waals surface area contributed by atoms with Crippen molar-refractivity contribution in [1.82, 2.24) is 4.90 Å². The summed E-state index contributed by atoms with van der Waals surface area (Å²) in [5.41, 5.74) is 0. The van der Waals surface area contributed by atoms with Gasteiger partial charge in [0.15, 0.2) is 0 Å². The summed E-state index contributed by atoms with van der Waals surface area (Å²) in [6, 6.07) is 7.85. The van der Waals surface area contributed by atoms with Crippen molar-refractivity contribution in [1.29, 1.82) is 0 Å². The molecule has 0 bridgehead atoms. The predicted octanol–water partition coefficient (Wildman–Crippen LogP) is 3.80. The monoisotopic (exact) mass is 309 g/mol. The van der Waals surface area contributed by atoms with Gasteiger partial charge >= 0.3 is 0 Å². The summed E-state index contributed by atoms with van der Waals surface area (Å²) in [5, 5.41) is 1.53. The highest BCUT2D eigenvalue weighted by Gasteiger charge is 2.29. The SMILES string of the molecule is C[C@@H]1CN(C(=O)c2sc3ccccc3c2Cl)C[C@H](C)O1. The lowest BCUT2D eigenvalue weighted by Gasteiger charge is -2.35. The van der Waals surface area contributed by atoms with Crippen LogP contribution in [0.2, 0.25) is 5.02 Å². The zero-order valence-corrected chi connectivity index (χ0v) is 13.0. The van der Waals surface area contributed by atoms with Crippen molar-refractivity contribution >= 4 is 38.9 Å². The molecule has 2 atom stereocenters. The number of halogens is 1. The van der Waals surface area contributed by atoms with E-state index >= 15 is 0 Å². The first-order valence-corrected chi connectivity index (χ1v) is 7.87. The molecule has 3 nitrogen and oxygen atoms in total. The molecule has 0 N–H and O–H groups in total. The van der Waals surface area contributed by atoms with Crippen LogP contribution in [0.5, 0.6) is 0 Å². The van der Waals surface area contributed by atoms with Gasteiger partial charge in [-0.3, -0.25) is 4.79 Å². The Balaban J connectivity index is 1.94. The van der Waals surface area contributed by atoms with E-state index in [1.807, 2.05) is 43.0 Å². The molecule has 1 fully saturated rings. The standard InChI is InChI=1S/C15H16ClNO2S/c1-9-7-17(8-10(2)19-9)15(18)14-13(16)11-5-3-4-6-12(11)20-14/h3-6,9-10H,7-8H2,1-2H3/t9-,10+. The van der Waals surface area contributed by atoms with Gasteiger partial charge in [0.1, 0.15) is 4.88 Å². The van der Waals surface area contributed by atoms with E-state index in [-0.39, 0.29) is 18.1 Å². The molecule has 106 valence electrons. The lowest BCUT2D eigenvalue weighted by molar-refractivity contribution is -0.0584. The molecule has 0 unspecified atom stereocenters. The van der Waals surface area contributed by atoms with Gasteiger partial charge in [-0.15, -0.1) is 11.3 Å². The third kappa shape index (κ3) is 2.43. The van der Waals surface area contributed by atoms with Crippen LogP contribution < -0.4 is 0 Å². The van der Waals surface area contributed by atoms with Crippen molar-refractivity contribution in [2.24, 2.45) is 0 Å². The van der Waals surface area contributed by atoms with Crippen molar-refractivity contribution in [3.8, 4) is 0 Å². The third-order valence-corrected chi connectivity index (χ3v) is 5.10. The zero-order chi connectivity index (χ0) is 14.3. The van der Waals surface area contributed by atoms with Gasteiger partial charge in [-0.05, 0) is 19.9 Å². The fourth-order valence-corrected chi connectivity index (χ4v) is 4.12. The summed E-state index contributed by atoms with van der Waals surface area (Å²) >= 11 is 7.84. The van der Waals surface area contributed by atoms with Gasteiger partial charge in [-0.2, -0.15) is 0 Å². The Morgan fingerprint density at radius 3 is 2.60 bits per heavy atom. The minimum absolute atomic E-state index is 0.0122. The number of morpholine rings is 1. The maximum absolute atomic E-state index is 12.7. The minimum atomic E-state index is 0.0122. The van der Waals surface area contributed by atoms with Crippen LogP contribution in [0.1, 0.15) is 23.5 Å². The van der Waals surface area contributed by atoms with Crippen LogP contribution in [-0.4, -0.2) is 36.1 Å². The number of thiophene rings is 1. The molecule has 1 aromatic carbocycles. The summed E-state index contributed by atoms with van der Waals surface area (Å²) in [7, 11) is 0. The van der Waals surface area contributed by atoms with Crippen LogP contribution in [0.3, 0.4) is 0 Å². The normalized spacial score (nSPS) is 23.2. The van der Waals surface area contributed by atoms with Crippen molar-refractivity contribution in [3.63, 3.8) is 0 Å². The second-order valence-electron chi connectivity index (χ2n) is 5.21. The molecule has 0 radical (unpaired) electrons. The first-order chi connectivity index (χ1) is 9.56. The lowest BCUT2D eigenvalue weighted by Crippen LogP contribution is -2.48. The number of carbonyl (C=O) groups is 1. The molecule has 3 rings (SSSR count). The largest absolute Gasteiger partial charge is 0.372 e. The fourth-order valence-electron chi connectivity index (χ4n) is 2.64. The number of nitrogens with zero attached hydrogens (tertiary/aromatic N) is 1. The average molecular weight is 310 g/mol. The number of ether oxygens (including phenoxy) is 1. The van der Waals surface area contributed by atoms with Gasteiger partial charge in [-0.1, -0.05) is 29.8 Å². The highest BCUT2D eigenvalue weighted by Crippen LogP contribution is 2.36. The van der Waals surface area contributed by atoms with Crippen molar-refractivity contribution in [3.05, 3.63) is 34.2 Å². The topological polar surface area (TPSA) is 29.5 Å². The Labute approximate surface area is 127 Å². The average Bonchev–Trinajstić information content (AvgIpc) is 2.75. The molecule has 1 aliphatic heterocycles. The van der Waals surface area contributed by atoms with Crippen molar-refractivity contribution in [2.75, 3.05) is 13.1 Å². The van der Waals surface area contributed by atoms with E-state index < -0.39 is 0 Å². The van der Waals surface area contributed by atoms with Gasteiger partial charge in [0, 0.05) is 23.2 Å². The Kier molecular flexibility index (Phi) is 3.71. The van der Waals surface area contributed by atoms with Crippen LogP contribution in [-0.2, 0) is 4.74 Å². The van der Waals surface area contributed by atoms with E-state index in [4.69, 9.17) is 16.3 Å². The van der Waals surface area contributed by atoms with Crippen LogP contribution in [0.15, 0.2) is 24.3 Å². The Morgan fingerprint density at radius 2 is 1.95 bits per heavy atom. The van der Waals surface area contributed by atoms with E-state index in [0.29, 0.717) is 23.0 Å². The molecule has 2 heterocycles. The first kappa shape index (κ1) is 13.9. The molecule has 5 heteroatoms. The van der Waals surface area contributed by atoms with E-state index in [9.17, 15) is 4.79 Å². The van der Waals surface area contributed by atoms with E-state index in [1.54, 1.807) is 0 Å². The van der Waals surface area contributed by atoms with Gasteiger partial charge in [-0.25, -0.2) is 0 Å². The number of rotatable bonds is 1. The van der Waals surface area contributed by atoms with Gasteiger partial charge in [0.2, 0.25) is 0 Å². The number of hydrogen-bond acceptors (Lipinski definition) is 3. The fraction of sp³-hybridized carbons (Fsp3) is 0.400. The Morgan fingerprint density at radius 1 is 1.30 bits per heavy atom. The molecule has 1 amide bonds. The maximum atomic E-state index is 12.7. The summed E-state index contributed by atoms with van der Waals surface area (Å²) in [5.74, 6) is 0.0122. The zero-order valence-electron chi connectivity index (χ0n) is 11.4. The number of amides is 1. The molecule has 2 aromatic rings. The van der Waals surface area contributed by atoms with Crippen LogP contribution in [0, 0.1) is 0 Å². The van der Waals surface area contributed by atoms with Crippen LogP contribution in [0.25, 0.3) is 10.1 Å². The maximum Gasteiger partial charge on any atom is 0.265 e. The smallest absolute Gasteiger partial charge is 0.265 e. The molecule has 1 saturated heterocycles. The second-order valence-corrected chi connectivity index (χ2v) is 6.64. The lowest BCUT2D eigenvalue weighted by atomic mass is 10.2. The van der Waals surface area contributed by atoms with Crippen LogP contribution >= 0.6 is 22.9 Å². The van der Waals surface area contributed by atoms with Gasteiger partial charge < -0.3 is 9.64 Å². The summed E-state index contributed by atoms with van der Waals surface area (Å²) in [6.45, 7) is 5.21. The number of benzene rings is 1. The van der Waals surface area contributed by atoms with E-state index in [0.717, 1.165) is 10.1 Å². The summed E-state index contributed by atoms with van der Waals surface area (Å²) in [4.78, 5) is 15.2.